The Bertz CT molecular complexity index is 441. The van der Waals surface area contributed by atoms with Crippen LogP contribution < -0.4 is 10.6 Å². The van der Waals surface area contributed by atoms with Gasteiger partial charge in [0.25, 0.3) is 5.91 Å². The summed E-state index contributed by atoms with van der Waals surface area (Å²) in [5.74, 6) is -0.580. The molecule has 0 bridgehead atoms. The largest absolute Gasteiger partial charge is 0.382 e. The van der Waals surface area contributed by atoms with Crippen molar-refractivity contribution in [2.75, 3.05) is 40.5 Å². The van der Waals surface area contributed by atoms with E-state index in [9.17, 15) is 9.18 Å². The zero-order chi connectivity index (χ0) is 15.5. The highest BCUT2D eigenvalue weighted by molar-refractivity contribution is 5.94. The Morgan fingerprint density at radius 3 is 2.81 bits per heavy atom. The topological polar surface area (TPSA) is 59.6 Å². The van der Waals surface area contributed by atoms with Gasteiger partial charge in [-0.3, -0.25) is 4.79 Å². The molecular weight excluding hydrogens is 275 g/mol. The van der Waals surface area contributed by atoms with Gasteiger partial charge in [-0.2, -0.15) is 0 Å². The molecule has 1 rings (SSSR count). The van der Waals surface area contributed by atoms with Crippen molar-refractivity contribution in [3.8, 4) is 0 Å². The van der Waals surface area contributed by atoms with Crippen LogP contribution in [0.15, 0.2) is 18.2 Å². The quantitative estimate of drug-likeness (QED) is 0.640. The number of hydrogen-bond acceptors (Lipinski definition) is 4. The normalized spacial score (nSPS) is 10.6. The number of halogens is 1. The van der Waals surface area contributed by atoms with E-state index < -0.39 is 0 Å². The second kappa shape index (κ2) is 10.3. The van der Waals surface area contributed by atoms with Crippen molar-refractivity contribution in [1.29, 1.82) is 0 Å². The molecule has 0 atom stereocenters. The summed E-state index contributed by atoms with van der Waals surface area (Å²) in [7, 11) is 3.43. The van der Waals surface area contributed by atoms with Crippen LogP contribution in [-0.2, 0) is 16.1 Å². The fourth-order valence-electron chi connectivity index (χ4n) is 1.72. The summed E-state index contributed by atoms with van der Waals surface area (Å²) >= 11 is 0. The number of nitrogens with one attached hydrogen (secondary N) is 2. The molecule has 0 aliphatic heterocycles. The van der Waals surface area contributed by atoms with Crippen LogP contribution in [-0.4, -0.2) is 46.4 Å². The van der Waals surface area contributed by atoms with Crippen LogP contribution >= 0.6 is 0 Å². The van der Waals surface area contributed by atoms with Gasteiger partial charge in [-0.25, -0.2) is 4.39 Å². The van der Waals surface area contributed by atoms with Crippen LogP contribution in [0.4, 0.5) is 4.39 Å². The molecule has 21 heavy (non-hydrogen) atoms. The molecule has 1 aromatic carbocycles. The second-order valence-corrected chi connectivity index (χ2v) is 4.56. The van der Waals surface area contributed by atoms with Crippen molar-refractivity contribution in [3.05, 3.63) is 35.1 Å². The molecule has 6 heteroatoms. The van der Waals surface area contributed by atoms with Gasteiger partial charge in [0.1, 0.15) is 5.82 Å². The highest BCUT2D eigenvalue weighted by Gasteiger charge is 2.09. The lowest BCUT2D eigenvalue weighted by Crippen LogP contribution is -2.26. The first kappa shape index (κ1) is 17.6. The summed E-state index contributed by atoms with van der Waals surface area (Å²) in [5.41, 5.74) is 0.806. The Labute approximate surface area is 124 Å². The smallest absolute Gasteiger partial charge is 0.251 e. The van der Waals surface area contributed by atoms with Crippen LogP contribution in [0.1, 0.15) is 22.3 Å². The van der Waals surface area contributed by atoms with E-state index in [1.807, 2.05) is 7.05 Å². The summed E-state index contributed by atoms with van der Waals surface area (Å²) in [6.45, 7) is 2.37. The van der Waals surface area contributed by atoms with E-state index in [1.54, 1.807) is 7.11 Å². The molecule has 0 aromatic heterocycles. The number of methoxy groups -OCH3 is 1. The highest BCUT2D eigenvalue weighted by Crippen LogP contribution is 2.12. The van der Waals surface area contributed by atoms with Crippen LogP contribution in [0.25, 0.3) is 0 Å². The van der Waals surface area contributed by atoms with Crippen LogP contribution in [0, 0.1) is 5.82 Å². The third kappa shape index (κ3) is 6.66. The minimum atomic E-state index is -0.376. The molecule has 0 saturated carbocycles. The molecule has 118 valence electrons. The summed E-state index contributed by atoms with van der Waals surface area (Å²) in [4.78, 5) is 11.9. The van der Waals surface area contributed by atoms with E-state index >= 15 is 0 Å². The molecule has 1 aromatic rings. The van der Waals surface area contributed by atoms with Crippen molar-refractivity contribution < 1.29 is 18.7 Å². The summed E-state index contributed by atoms with van der Waals surface area (Å²) < 4.78 is 23.8. The van der Waals surface area contributed by atoms with E-state index in [-0.39, 0.29) is 18.3 Å². The highest BCUT2D eigenvalue weighted by atomic mass is 19.1. The standard InChI is InChI=1S/C15H23FN2O3/c1-17-6-3-7-18-15(19)12-4-5-14(16)13(10-12)11-21-9-8-20-2/h4-5,10,17H,3,6-9,11H2,1-2H3,(H,18,19). The minimum absolute atomic E-state index is 0.121. The molecule has 0 radical (unpaired) electrons. The van der Waals surface area contributed by atoms with Crippen LogP contribution in [0.2, 0.25) is 0 Å². The summed E-state index contributed by atoms with van der Waals surface area (Å²) in [6, 6.07) is 4.29. The lowest BCUT2D eigenvalue weighted by atomic mass is 10.1. The van der Waals surface area contributed by atoms with E-state index in [0.717, 1.165) is 13.0 Å². The van der Waals surface area contributed by atoms with Gasteiger partial charge in [0.15, 0.2) is 0 Å². The van der Waals surface area contributed by atoms with Crippen molar-refractivity contribution in [3.63, 3.8) is 0 Å². The van der Waals surface area contributed by atoms with Gasteiger partial charge in [0, 0.05) is 24.8 Å². The van der Waals surface area contributed by atoms with Crippen molar-refractivity contribution in [2.24, 2.45) is 0 Å². The zero-order valence-corrected chi connectivity index (χ0v) is 12.6. The van der Waals surface area contributed by atoms with Crippen molar-refractivity contribution >= 4 is 5.91 Å². The Kier molecular flexibility index (Phi) is 8.57. The van der Waals surface area contributed by atoms with E-state index in [2.05, 4.69) is 10.6 Å². The number of carbonyl (C=O) groups is 1. The second-order valence-electron chi connectivity index (χ2n) is 4.56. The number of rotatable bonds is 10. The van der Waals surface area contributed by atoms with Gasteiger partial charge in [0.2, 0.25) is 0 Å². The number of carbonyl (C=O) groups excluding carboxylic acids is 1. The molecule has 2 N–H and O–H groups in total. The molecular formula is C15H23FN2O3. The predicted octanol–water partition coefficient (Wildman–Crippen LogP) is 1.33. The first-order chi connectivity index (χ1) is 10.2. The predicted molar refractivity (Wildman–Crippen MR) is 78.8 cm³/mol. The van der Waals surface area contributed by atoms with Gasteiger partial charge in [-0.05, 0) is 38.2 Å². The van der Waals surface area contributed by atoms with Crippen LogP contribution in [0.5, 0.6) is 0 Å². The third-order valence-corrected chi connectivity index (χ3v) is 2.89. The molecule has 0 unspecified atom stereocenters. The summed E-state index contributed by atoms with van der Waals surface area (Å²) in [5, 5.41) is 5.80. The number of amides is 1. The summed E-state index contributed by atoms with van der Waals surface area (Å²) in [6.07, 6.45) is 0.844. The van der Waals surface area contributed by atoms with E-state index in [4.69, 9.17) is 9.47 Å². The molecule has 1 amide bonds. The van der Waals surface area contributed by atoms with Gasteiger partial charge in [-0.1, -0.05) is 0 Å². The average Bonchev–Trinajstić information content (AvgIpc) is 2.49. The zero-order valence-electron chi connectivity index (χ0n) is 12.6. The van der Waals surface area contributed by atoms with Gasteiger partial charge >= 0.3 is 0 Å². The van der Waals surface area contributed by atoms with Crippen molar-refractivity contribution in [2.45, 2.75) is 13.0 Å². The van der Waals surface area contributed by atoms with Gasteiger partial charge in [-0.15, -0.1) is 0 Å². The van der Waals surface area contributed by atoms with Gasteiger partial charge in [0.05, 0.1) is 19.8 Å². The Hall–Kier alpha value is -1.50. The van der Waals surface area contributed by atoms with Crippen molar-refractivity contribution in [1.82, 2.24) is 10.6 Å². The molecule has 0 spiro atoms. The lowest BCUT2D eigenvalue weighted by Gasteiger charge is -2.09. The maximum atomic E-state index is 13.6. The lowest BCUT2D eigenvalue weighted by molar-refractivity contribution is 0.0604. The molecule has 0 fully saturated rings. The Morgan fingerprint density at radius 1 is 1.29 bits per heavy atom. The molecule has 0 heterocycles. The Morgan fingerprint density at radius 2 is 2.10 bits per heavy atom. The fraction of sp³-hybridized carbons (Fsp3) is 0.533. The van der Waals surface area contributed by atoms with E-state index in [0.29, 0.717) is 30.9 Å². The SMILES string of the molecule is CNCCCNC(=O)c1ccc(F)c(COCCOC)c1. The Balaban J connectivity index is 2.52. The minimum Gasteiger partial charge on any atom is -0.382 e. The first-order valence-corrected chi connectivity index (χ1v) is 6.97. The average molecular weight is 298 g/mol. The first-order valence-electron chi connectivity index (χ1n) is 6.97. The maximum absolute atomic E-state index is 13.6. The monoisotopic (exact) mass is 298 g/mol. The molecule has 0 aliphatic carbocycles. The fourth-order valence-corrected chi connectivity index (χ4v) is 1.72. The third-order valence-electron chi connectivity index (χ3n) is 2.89. The van der Waals surface area contributed by atoms with E-state index in [1.165, 1.54) is 18.2 Å². The molecule has 0 aliphatic rings. The van der Waals surface area contributed by atoms with Crippen LogP contribution in [0.3, 0.4) is 0 Å². The van der Waals surface area contributed by atoms with Gasteiger partial charge < -0.3 is 20.1 Å². The molecule has 5 nitrogen and oxygen atoms in total. The maximum Gasteiger partial charge on any atom is 0.251 e. The number of ether oxygens (including phenoxy) is 2. The molecule has 0 saturated heterocycles. The number of hydrogen-bond donors (Lipinski definition) is 2. The number of benzene rings is 1.